The predicted octanol–water partition coefficient (Wildman–Crippen LogP) is 18.1. The fraction of sp³-hybridized carbons (Fsp3) is 0.0312. The second-order valence-electron chi connectivity index (χ2n) is 17.2. The average Bonchev–Trinajstić information content (AvgIpc) is 3.77. The Balaban J connectivity index is 1.01. The van der Waals surface area contributed by atoms with Crippen molar-refractivity contribution in [3.63, 3.8) is 0 Å². The summed E-state index contributed by atoms with van der Waals surface area (Å²) < 4.78 is 6.38. The van der Waals surface area contributed by atoms with Crippen LogP contribution in [-0.2, 0) is 0 Å². The second kappa shape index (κ2) is 16.9. The number of benzene rings is 10. The van der Waals surface area contributed by atoms with Gasteiger partial charge in [0.15, 0.2) is 0 Å². The van der Waals surface area contributed by atoms with Crippen LogP contribution in [0, 0.1) is 0 Å². The monoisotopic (exact) mass is 843 g/mol. The van der Waals surface area contributed by atoms with Crippen LogP contribution in [-0.4, -0.2) is 0 Å². The molecule has 10 aromatic carbocycles. The highest BCUT2D eigenvalue weighted by molar-refractivity contribution is 6.06. The Morgan fingerprint density at radius 1 is 0.364 bits per heavy atom. The van der Waals surface area contributed by atoms with Gasteiger partial charge in [0, 0.05) is 33.6 Å². The first-order chi connectivity index (χ1) is 32.7. The van der Waals surface area contributed by atoms with E-state index in [1.165, 1.54) is 44.2 Å². The molecule has 1 aliphatic rings. The maximum atomic E-state index is 6.38. The minimum absolute atomic E-state index is 0.311. The van der Waals surface area contributed by atoms with E-state index >= 15 is 0 Å². The van der Waals surface area contributed by atoms with Gasteiger partial charge < -0.3 is 9.32 Å². The van der Waals surface area contributed by atoms with E-state index < -0.39 is 0 Å². The van der Waals surface area contributed by atoms with E-state index in [1.807, 2.05) is 12.1 Å². The van der Waals surface area contributed by atoms with Crippen LogP contribution in [0.15, 0.2) is 259 Å². The molecule has 0 bridgehead atoms. The van der Waals surface area contributed by atoms with Crippen molar-refractivity contribution in [2.75, 3.05) is 4.90 Å². The van der Waals surface area contributed by atoms with Gasteiger partial charge in [-0.3, -0.25) is 0 Å². The van der Waals surface area contributed by atoms with Crippen molar-refractivity contribution in [2.45, 2.75) is 12.3 Å². The fourth-order valence-electron chi connectivity index (χ4n) is 9.83. The van der Waals surface area contributed by atoms with Crippen LogP contribution in [0.4, 0.5) is 17.1 Å². The van der Waals surface area contributed by atoms with E-state index in [4.69, 9.17) is 4.42 Å². The third-order valence-electron chi connectivity index (χ3n) is 13.2. The normalized spacial score (nSPS) is 13.4. The van der Waals surface area contributed by atoms with E-state index in [2.05, 4.69) is 248 Å². The lowest BCUT2D eigenvalue weighted by atomic mass is 9.85. The SMILES string of the molecule is C1=CCC(c2cc(-c3ccc(N(c4cccc(-c5ccc6c(c5)oc5ccccc56)c4)c4cc(-c5ccc6ccccc6c5)ccc4-c4ccccc4)cc3)ccc2-c2ccccc2)C=C1. The summed E-state index contributed by atoms with van der Waals surface area (Å²) in [5.41, 5.74) is 18.1. The zero-order valence-electron chi connectivity index (χ0n) is 36.4. The number of anilines is 3. The number of hydrogen-bond acceptors (Lipinski definition) is 2. The molecule has 1 heterocycles. The van der Waals surface area contributed by atoms with E-state index in [-0.39, 0.29) is 0 Å². The number of rotatable bonds is 9. The lowest BCUT2D eigenvalue weighted by Gasteiger charge is -2.29. The van der Waals surface area contributed by atoms with Gasteiger partial charge in [0.1, 0.15) is 11.2 Å². The number of furan rings is 1. The molecule has 312 valence electrons. The van der Waals surface area contributed by atoms with Crippen LogP contribution in [0.3, 0.4) is 0 Å². The first-order valence-electron chi connectivity index (χ1n) is 22.8. The van der Waals surface area contributed by atoms with E-state index in [9.17, 15) is 0 Å². The molecule has 1 atom stereocenters. The molecule has 1 aliphatic carbocycles. The highest BCUT2D eigenvalue weighted by Gasteiger charge is 2.21. The molecule has 1 unspecified atom stereocenters. The van der Waals surface area contributed by atoms with Crippen LogP contribution in [0.1, 0.15) is 17.9 Å². The Morgan fingerprint density at radius 3 is 1.77 bits per heavy atom. The van der Waals surface area contributed by atoms with Crippen LogP contribution in [0.5, 0.6) is 0 Å². The molecular formula is C64H45NO. The topological polar surface area (TPSA) is 16.4 Å². The summed E-state index contributed by atoms with van der Waals surface area (Å²) in [7, 11) is 0. The van der Waals surface area contributed by atoms with Gasteiger partial charge in [-0.1, -0.05) is 194 Å². The maximum Gasteiger partial charge on any atom is 0.136 e. The molecule has 0 saturated carbocycles. The van der Waals surface area contributed by atoms with Gasteiger partial charge in [-0.25, -0.2) is 0 Å². The van der Waals surface area contributed by atoms with Gasteiger partial charge in [0.2, 0.25) is 0 Å². The van der Waals surface area contributed by atoms with E-state index in [0.29, 0.717) is 5.92 Å². The van der Waals surface area contributed by atoms with Crippen LogP contribution >= 0.6 is 0 Å². The Hall–Kier alpha value is -8.46. The smallest absolute Gasteiger partial charge is 0.136 e. The lowest BCUT2D eigenvalue weighted by molar-refractivity contribution is 0.669. The molecule has 2 nitrogen and oxygen atoms in total. The summed E-state index contributed by atoms with van der Waals surface area (Å²) >= 11 is 0. The van der Waals surface area contributed by atoms with Crippen molar-refractivity contribution < 1.29 is 4.42 Å². The molecule has 0 aliphatic heterocycles. The van der Waals surface area contributed by atoms with E-state index in [0.717, 1.165) is 73.2 Å². The molecule has 0 N–H and O–H groups in total. The molecule has 0 saturated heterocycles. The van der Waals surface area contributed by atoms with Gasteiger partial charge >= 0.3 is 0 Å². The van der Waals surface area contributed by atoms with Crippen LogP contribution in [0.25, 0.3) is 88.3 Å². The van der Waals surface area contributed by atoms with Crippen molar-refractivity contribution in [1.82, 2.24) is 0 Å². The first-order valence-corrected chi connectivity index (χ1v) is 22.8. The standard InChI is InChI=1S/C64H45NO/c1-4-16-46(17-5-1)57-36-31-52(41-61(57)48-20-8-3-9-21-48)45-29-34-55(35-30-45)65(56-24-14-23-50(40-56)54-33-38-60-59-25-12-13-26-63(59)66-64(60)43-54)62-42-53(32-37-58(62)47-18-6-2-7-19-47)51-28-27-44-15-10-11-22-49(44)39-51/h1-20,22-43,48H,21H2. The van der Waals surface area contributed by atoms with Gasteiger partial charge in [-0.05, 0) is 133 Å². The van der Waals surface area contributed by atoms with Crippen LogP contribution < -0.4 is 4.90 Å². The molecule has 0 spiro atoms. The highest BCUT2D eigenvalue weighted by atomic mass is 16.3. The quantitative estimate of drug-likeness (QED) is 0.144. The zero-order valence-corrected chi connectivity index (χ0v) is 36.4. The van der Waals surface area contributed by atoms with Gasteiger partial charge in [0.25, 0.3) is 0 Å². The highest BCUT2D eigenvalue weighted by Crippen LogP contribution is 2.45. The molecule has 66 heavy (non-hydrogen) atoms. The molecule has 0 radical (unpaired) electrons. The molecule has 2 heteroatoms. The molecule has 12 rings (SSSR count). The number of allylic oxidation sites excluding steroid dienone is 4. The van der Waals surface area contributed by atoms with Crippen molar-refractivity contribution in [1.29, 1.82) is 0 Å². The van der Waals surface area contributed by atoms with Gasteiger partial charge in [-0.15, -0.1) is 0 Å². The van der Waals surface area contributed by atoms with Crippen molar-refractivity contribution in [3.8, 4) is 55.6 Å². The largest absolute Gasteiger partial charge is 0.456 e. The molecule has 0 fully saturated rings. The average molecular weight is 844 g/mol. The van der Waals surface area contributed by atoms with Crippen molar-refractivity contribution >= 4 is 49.8 Å². The predicted molar refractivity (Wildman–Crippen MR) is 279 cm³/mol. The van der Waals surface area contributed by atoms with E-state index in [1.54, 1.807) is 0 Å². The summed E-state index contributed by atoms with van der Waals surface area (Å²) in [5.74, 6) is 0.311. The number of nitrogens with zero attached hydrogens (tertiary/aromatic N) is 1. The van der Waals surface area contributed by atoms with Crippen molar-refractivity contribution in [2.24, 2.45) is 0 Å². The molecule has 0 amide bonds. The maximum absolute atomic E-state index is 6.38. The minimum atomic E-state index is 0.311. The summed E-state index contributed by atoms with van der Waals surface area (Å²) in [5, 5.41) is 4.71. The minimum Gasteiger partial charge on any atom is -0.456 e. The van der Waals surface area contributed by atoms with Gasteiger partial charge in [-0.2, -0.15) is 0 Å². The van der Waals surface area contributed by atoms with Crippen molar-refractivity contribution in [3.05, 3.63) is 260 Å². The Bertz CT molecular complexity index is 3620. The number of para-hydroxylation sites is 1. The summed E-state index contributed by atoms with van der Waals surface area (Å²) in [4.78, 5) is 2.43. The van der Waals surface area contributed by atoms with Gasteiger partial charge in [0.05, 0.1) is 5.69 Å². The lowest BCUT2D eigenvalue weighted by Crippen LogP contribution is -2.11. The Morgan fingerprint density at radius 2 is 0.970 bits per heavy atom. The first kappa shape index (κ1) is 39.2. The number of fused-ring (bicyclic) bond motifs is 4. The summed E-state index contributed by atoms with van der Waals surface area (Å²) in [6, 6.07) is 83.8. The van der Waals surface area contributed by atoms with Crippen LogP contribution in [0.2, 0.25) is 0 Å². The zero-order chi connectivity index (χ0) is 43.8. The molecule has 1 aromatic heterocycles. The fourth-order valence-corrected chi connectivity index (χ4v) is 9.83. The third-order valence-corrected chi connectivity index (χ3v) is 13.2. The third kappa shape index (κ3) is 7.39. The summed E-state index contributed by atoms with van der Waals surface area (Å²) in [6.07, 6.45) is 9.94. The second-order valence-corrected chi connectivity index (χ2v) is 17.2. The Kier molecular flexibility index (Phi) is 10.0. The number of hydrogen-bond donors (Lipinski definition) is 0. The summed E-state index contributed by atoms with van der Waals surface area (Å²) in [6.45, 7) is 0. The molecule has 11 aromatic rings. The molecular weight excluding hydrogens is 799 g/mol. The Labute approximate surface area is 385 Å².